The minimum absolute atomic E-state index is 0.158. The summed E-state index contributed by atoms with van der Waals surface area (Å²) in [5.41, 5.74) is 4.54. The molecular weight excluding hydrogens is 351 g/mol. The van der Waals surface area contributed by atoms with Crippen LogP contribution >= 0.6 is 0 Å². The molecular formula is C20H27FO4Si. The topological polar surface area (TPSA) is 44.8 Å². The molecule has 0 aliphatic carbocycles. The van der Waals surface area contributed by atoms with Gasteiger partial charge < -0.3 is 14.2 Å². The molecule has 0 spiro atoms. The fourth-order valence-corrected chi connectivity index (χ4v) is 4.94. The van der Waals surface area contributed by atoms with E-state index in [1.807, 2.05) is 0 Å². The maximum atomic E-state index is 13.3. The van der Waals surface area contributed by atoms with Gasteiger partial charge in [0.15, 0.2) is 0 Å². The van der Waals surface area contributed by atoms with Crippen LogP contribution < -0.4 is 4.74 Å². The van der Waals surface area contributed by atoms with Crippen molar-refractivity contribution in [3.05, 3.63) is 41.3 Å². The molecule has 0 heterocycles. The van der Waals surface area contributed by atoms with Crippen molar-refractivity contribution in [1.82, 2.24) is 0 Å². The molecule has 0 unspecified atom stereocenters. The summed E-state index contributed by atoms with van der Waals surface area (Å²) in [7, 11) is 1.03. The van der Waals surface area contributed by atoms with Crippen molar-refractivity contribution in [3.8, 4) is 17.2 Å². The normalized spacial score (nSPS) is 11.4. The third-order valence-electron chi connectivity index (χ3n) is 4.54. The summed E-state index contributed by atoms with van der Waals surface area (Å²) in [5.74, 6) is 2.58. The van der Waals surface area contributed by atoms with E-state index in [9.17, 15) is 9.18 Å². The summed E-state index contributed by atoms with van der Waals surface area (Å²) in [6.07, 6.45) is 1.12. The average molecular weight is 379 g/mol. The predicted molar refractivity (Wildman–Crippen MR) is 103 cm³/mol. The lowest BCUT2D eigenvalue weighted by Crippen LogP contribution is -2.29. The SMILES string of the molecule is CC[Si](C#Cc1ccc(CF)c(O/C(=C\OC)C(=O)OC)c1)(CC)CC. The number of carbonyl (C=O) groups excluding carboxylic acids is 1. The van der Waals surface area contributed by atoms with E-state index in [1.54, 1.807) is 18.2 Å². The zero-order valence-corrected chi connectivity index (χ0v) is 17.1. The number of esters is 1. The maximum absolute atomic E-state index is 13.3. The van der Waals surface area contributed by atoms with Crippen LogP contribution in [0.4, 0.5) is 4.39 Å². The highest BCUT2D eigenvalue weighted by atomic mass is 28.3. The molecule has 0 bridgehead atoms. The minimum Gasteiger partial charge on any atom is -0.500 e. The molecule has 1 aromatic carbocycles. The van der Waals surface area contributed by atoms with Crippen molar-refractivity contribution in [1.29, 1.82) is 0 Å². The lowest BCUT2D eigenvalue weighted by molar-refractivity contribution is -0.138. The molecule has 0 aliphatic rings. The quantitative estimate of drug-likeness (QED) is 0.218. The molecule has 0 atom stereocenters. The fourth-order valence-electron chi connectivity index (χ4n) is 2.50. The lowest BCUT2D eigenvalue weighted by atomic mass is 10.1. The number of carbonyl (C=O) groups is 1. The molecule has 1 aromatic rings. The van der Waals surface area contributed by atoms with Crippen LogP contribution in [0.25, 0.3) is 0 Å². The average Bonchev–Trinajstić information content (AvgIpc) is 2.68. The van der Waals surface area contributed by atoms with E-state index in [0.29, 0.717) is 5.56 Å². The van der Waals surface area contributed by atoms with Gasteiger partial charge in [-0.3, -0.25) is 0 Å². The Bertz CT molecular complexity index is 691. The summed E-state index contributed by atoms with van der Waals surface area (Å²) < 4.78 is 28.3. The molecule has 0 amide bonds. The van der Waals surface area contributed by atoms with Gasteiger partial charge in [0.2, 0.25) is 5.76 Å². The predicted octanol–water partition coefficient (Wildman–Crippen LogP) is 4.59. The Kier molecular flexibility index (Phi) is 8.93. The highest BCUT2D eigenvalue weighted by Crippen LogP contribution is 2.25. The first-order chi connectivity index (χ1) is 12.5. The molecule has 0 saturated heterocycles. The van der Waals surface area contributed by atoms with E-state index in [1.165, 1.54) is 14.2 Å². The van der Waals surface area contributed by atoms with E-state index in [0.717, 1.165) is 30.0 Å². The molecule has 1 rings (SSSR count). The number of hydrogen-bond acceptors (Lipinski definition) is 4. The molecule has 0 aliphatic heterocycles. The van der Waals surface area contributed by atoms with Crippen LogP contribution in [0.3, 0.4) is 0 Å². The van der Waals surface area contributed by atoms with Gasteiger partial charge in [0.1, 0.15) is 26.8 Å². The molecule has 0 radical (unpaired) electrons. The first-order valence-electron chi connectivity index (χ1n) is 8.70. The van der Waals surface area contributed by atoms with Crippen molar-refractivity contribution in [2.45, 2.75) is 45.6 Å². The standard InChI is InChI=1S/C20H27FO4Si/c1-6-26(7-2,8-3)12-11-16-9-10-17(14-21)18(13-16)25-19(15-23-4)20(22)24-5/h9-10,13,15H,6-8,14H2,1-5H3/b19-15-. The van der Waals surface area contributed by atoms with E-state index in [4.69, 9.17) is 9.47 Å². The summed E-state index contributed by atoms with van der Waals surface area (Å²) >= 11 is 0. The summed E-state index contributed by atoms with van der Waals surface area (Å²) in [5, 5.41) is 0. The van der Waals surface area contributed by atoms with Crippen LogP contribution in [-0.2, 0) is 20.9 Å². The molecule has 0 N–H and O–H groups in total. The van der Waals surface area contributed by atoms with E-state index < -0.39 is 20.7 Å². The molecule has 0 saturated carbocycles. The number of ether oxygens (including phenoxy) is 3. The zero-order chi connectivity index (χ0) is 19.6. The van der Waals surface area contributed by atoms with Crippen LogP contribution in [-0.4, -0.2) is 28.3 Å². The largest absolute Gasteiger partial charge is 0.500 e. The molecule has 0 aromatic heterocycles. The number of alkyl halides is 1. The fraction of sp³-hybridized carbons (Fsp3) is 0.450. The number of hydrogen-bond donors (Lipinski definition) is 0. The lowest BCUT2D eigenvalue weighted by Gasteiger charge is -2.20. The van der Waals surface area contributed by atoms with Gasteiger partial charge in [-0.15, -0.1) is 5.54 Å². The monoisotopic (exact) mass is 378 g/mol. The van der Waals surface area contributed by atoms with Crippen molar-refractivity contribution in [2.24, 2.45) is 0 Å². The van der Waals surface area contributed by atoms with E-state index >= 15 is 0 Å². The first kappa shape index (κ1) is 21.8. The van der Waals surface area contributed by atoms with Crippen molar-refractivity contribution < 1.29 is 23.4 Å². The van der Waals surface area contributed by atoms with Gasteiger partial charge in [-0.25, -0.2) is 9.18 Å². The highest BCUT2D eigenvalue weighted by Gasteiger charge is 2.24. The maximum Gasteiger partial charge on any atom is 0.377 e. The third kappa shape index (κ3) is 5.63. The van der Waals surface area contributed by atoms with Gasteiger partial charge in [-0.2, -0.15) is 0 Å². The Labute approximate surface area is 156 Å². The second-order valence-corrected chi connectivity index (χ2v) is 10.8. The van der Waals surface area contributed by atoms with Crippen molar-refractivity contribution >= 4 is 14.0 Å². The number of benzene rings is 1. The molecule has 4 nitrogen and oxygen atoms in total. The molecule has 6 heteroatoms. The molecule has 26 heavy (non-hydrogen) atoms. The van der Waals surface area contributed by atoms with Gasteiger partial charge in [0.05, 0.1) is 14.2 Å². The second kappa shape index (κ2) is 10.7. The van der Waals surface area contributed by atoms with Gasteiger partial charge in [-0.05, 0) is 30.3 Å². The Morgan fingerprint density at radius 1 is 1.19 bits per heavy atom. The second-order valence-electron chi connectivity index (χ2n) is 5.86. The van der Waals surface area contributed by atoms with Crippen LogP contribution in [0.2, 0.25) is 18.1 Å². The third-order valence-corrected chi connectivity index (χ3v) is 9.26. The van der Waals surface area contributed by atoms with E-state index in [-0.39, 0.29) is 11.5 Å². The Morgan fingerprint density at radius 2 is 1.85 bits per heavy atom. The van der Waals surface area contributed by atoms with Gasteiger partial charge in [-0.1, -0.05) is 32.8 Å². The summed E-state index contributed by atoms with van der Waals surface area (Å²) in [4.78, 5) is 11.8. The van der Waals surface area contributed by atoms with Crippen molar-refractivity contribution in [3.63, 3.8) is 0 Å². The van der Waals surface area contributed by atoms with Crippen LogP contribution in [0.15, 0.2) is 30.2 Å². The Hall–Kier alpha value is -2.26. The zero-order valence-electron chi connectivity index (χ0n) is 16.1. The smallest absolute Gasteiger partial charge is 0.377 e. The van der Waals surface area contributed by atoms with Gasteiger partial charge in [0.25, 0.3) is 0 Å². The minimum atomic E-state index is -1.59. The van der Waals surface area contributed by atoms with Gasteiger partial charge in [0, 0.05) is 11.1 Å². The number of rotatable bonds is 8. The highest BCUT2D eigenvalue weighted by molar-refractivity contribution is 6.87. The molecule has 142 valence electrons. The van der Waals surface area contributed by atoms with Gasteiger partial charge >= 0.3 is 5.97 Å². The Morgan fingerprint density at radius 3 is 2.35 bits per heavy atom. The van der Waals surface area contributed by atoms with Crippen LogP contribution in [0, 0.1) is 11.5 Å². The number of halogens is 1. The number of methoxy groups -OCH3 is 2. The Balaban J connectivity index is 3.25. The first-order valence-corrected chi connectivity index (χ1v) is 11.3. The van der Waals surface area contributed by atoms with Crippen LogP contribution in [0.5, 0.6) is 5.75 Å². The van der Waals surface area contributed by atoms with E-state index in [2.05, 4.69) is 37.0 Å². The van der Waals surface area contributed by atoms with Crippen LogP contribution in [0.1, 0.15) is 31.9 Å². The summed E-state index contributed by atoms with van der Waals surface area (Å²) in [6, 6.07) is 8.33. The molecule has 0 fully saturated rings. The van der Waals surface area contributed by atoms with Crippen molar-refractivity contribution in [2.75, 3.05) is 14.2 Å². The summed E-state index contributed by atoms with van der Waals surface area (Å²) in [6.45, 7) is 5.84.